The summed E-state index contributed by atoms with van der Waals surface area (Å²) in [6.45, 7) is 4.47. The van der Waals surface area contributed by atoms with Gasteiger partial charge in [0.25, 0.3) is 5.56 Å². The highest BCUT2D eigenvalue weighted by atomic mass is 127. The van der Waals surface area contributed by atoms with E-state index in [1.54, 1.807) is 0 Å². The van der Waals surface area contributed by atoms with E-state index in [0.29, 0.717) is 9.39 Å². The lowest BCUT2D eigenvalue weighted by molar-refractivity contribution is 0.337. The second-order valence-electron chi connectivity index (χ2n) is 4.22. The first-order valence-electron chi connectivity index (χ1n) is 5.97. The fraction of sp³-hybridized carbons (Fsp3) is 0.636. The molecule has 94 valence electrons. The fourth-order valence-electron chi connectivity index (χ4n) is 2.02. The Bertz CT molecular complexity index is 414. The van der Waals surface area contributed by atoms with Crippen molar-refractivity contribution in [2.45, 2.75) is 19.3 Å². The number of hydrogen-bond donors (Lipinski definition) is 2. The summed E-state index contributed by atoms with van der Waals surface area (Å²) in [5.74, 6) is 0.691. The van der Waals surface area contributed by atoms with Crippen LogP contribution in [0.15, 0.2) is 11.1 Å². The zero-order valence-electron chi connectivity index (χ0n) is 9.71. The first-order valence-corrected chi connectivity index (χ1v) is 7.04. The lowest BCUT2D eigenvalue weighted by Gasteiger charge is -2.14. The van der Waals surface area contributed by atoms with Crippen LogP contribution >= 0.6 is 22.6 Å². The quantitative estimate of drug-likeness (QED) is 0.622. The number of aromatic nitrogens is 2. The summed E-state index contributed by atoms with van der Waals surface area (Å²) in [5.41, 5.74) is -0.0809. The molecule has 0 spiro atoms. The highest BCUT2D eigenvalue weighted by molar-refractivity contribution is 14.1. The van der Waals surface area contributed by atoms with Gasteiger partial charge < -0.3 is 15.2 Å². The lowest BCUT2D eigenvalue weighted by atomic mass is 10.4. The Hall–Kier alpha value is -0.630. The lowest BCUT2D eigenvalue weighted by Crippen LogP contribution is -2.23. The Morgan fingerprint density at radius 2 is 2.24 bits per heavy atom. The molecule has 0 bridgehead atoms. The molecule has 1 aliphatic heterocycles. The van der Waals surface area contributed by atoms with Crippen LogP contribution in [-0.4, -0.2) is 41.0 Å². The van der Waals surface area contributed by atoms with E-state index in [9.17, 15) is 4.79 Å². The molecule has 0 atom stereocenters. The SMILES string of the molecule is O=c1[nH]cnc(NCCCN2CCCC2)c1I. The van der Waals surface area contributed by atoms with Crippen LogP contribution < -0.4 is 10.9 Å². The second kappa shape index (κ2) is 6.34. The van der Waals surface area contributed by atoms with E-state index in [0.717, 1.165) is 19.5 Å². The van der Waals surface area contributed by atoms with Gasteiger partial charge in [-0.15, -0.1) is 0 Å². The molecule has 6 heteroatoms. The van der Waals surface area contributed by atoms with Crippen LogP contribution in [0.5, 0.6) is 0 Å². The van der Waals surface area contributed by atoms with Gasteiger partial charge in [-0.3, -0.25) is 4.79 Å². The van der Waals surface area contributed by atoms with Crippen LogP contribution in [0.25, 0.3) is 0 Å². The minimum Gasteiger partial charge on any atom is -0.369 e. The van der Waals surface area contributed by atoms with Crippen LogP contribution in [0.4, 0.5) is 5.82 Å². The Kier molecular flexibility index (Phi) is 4.78. The molecule has 1 fully saturated rings. The summed E-state index contributed by atoms with van der Waals surface area (Å²) >= 11 is 2.02. The number of aromatic amines is 1. The van der Waals surface area contributed by atoms with Crippen molar-refractivity contribution in [3.8, 4) is 0 Å². The highest BCUT2D eigenvalue weighted by Crippen LogP contribution is 2.10. The minimum absolute atomic E-state index is 0.0809. The maximum absolute atomic E-state index is 11.3. The molecule has 1 aromatic heterocycles. The van der Waals surface area contributed by atoms with Gasteiger partial charge in [0.2, 0.25) is 0 Å². The van der Waals surface area contributed by atoms with E-state index >= 15 is 0 Å². The number of anilines is 1. The number of halogens is 1. The Balaban J connectivity index is 1.74. The molecule has 0 radical (unpaired) electrons. The minimum atomic E-state index is -0.0809. The van der Waals surface area contributed by atoms with E-state index < -0.39 is 0 Å². The number of nitrogens with one attached hydrogen (secondary N) is 2. The van der Waals surface area contributed by atoms with Crippen molar-refractivity contribution < 1.29 is 0 Å². The van der Waals surface area contributed by atoms with E-state index in [1.807, 2.05) is 22.6 Å². The normalized spacial score (nSPS) is 16.3. The van der Waals surface area contributed by atoms with E-state index in [1.165, 1.54) is 32.3 Å². The predicted octanol–water partition coefficient (Wildman–Crippen LogP) is 1.27. The molecule has 5 nitrogen and oxygen atoms in total. The summed E-state index contributed by atoms with van der Waals surface area (Å²) < 4.78 is 0.631. The summed E-state index contributed by atoms with van der Waals surface area (Å²) in [5, 5.41) is 3.21. The molecule has 17 heavy (non-hydrogen) atoms. The number of H-pyrrole nitrogens is 1. The second-order valence-corrected chi connectivity index (χ2v) is 5.30. The molecule has 0 amide bonds. The molecule has 2 N–H and O–H groups in total. The van der Waals surface area contributed by atoms with Crippen molar-refractivity contribution in [2.75, 3.05) is 31.5 Å². The molecule has 1 aliphatic rings. The Morgan fingerprint density at radius 1 is 1.47 bits per heavy atom. The summed E-state index contributed by atoms with van der Waals surface area (Å²) in [6, 6.07) is 0. The standard InChI is InChI=1S/C11H17IN4O/c12-9-10(14-8-15-11(9)17)13-4-3-7-16-5-1-2-6-16/h8H,1-7H2,(H2,13,14,15,17). The first kappa shape index (κ1) is 12.8. The van der Waals surface area contributed by atoms with Gasteiger partial charge in [-0.2, -0.15) is 0 Å². The zero-order chi connectivity index (χ0) is 12.1. The molecule has 2 heterocycles. The number of nitrogens with zero attached hydrogens (tertiary/aromatic N) is 2. The average molecular weight is 348 g/mol. The van der Waals surface area contributed by atoms with E-state index in [2.05, 4.69) is 20.2 Å². The van der Waals surface area contributed by atoms with Gasteiger partial charge in [0.1, 0.15) is 9.39 Å². The predicted molar refractivity (Wildman–Crippen MR) is 76.4 cm³/mol. The van der Waals surface area contributed by atoms with E-state index in [-0.39, 0.29) is 5.56 Å². The highest BCUT2D eigenvalue weighted by Gasteiger charge is 2.10. The van der Waals surface area contributed by atoms with Crippen molar-refractivity contribution in [2.24, 2.45) is 0 Å². The molecule has 0 unspecified atom stereocenters. The van der Waals surface area contributed by atoms with Crippen LogP contribution in [0, 0.1) is 3.57 Å². The van der Waals surface area contributed by atoms with Crippen LogP contribution in [-0.2, 0) is 0 Å². The molecular formula is C11H17IN4O. The molecule has 1 aromatic rings. The maximum atomic E-state index is 11.3. The molecule has 0 aromatic carbocycles. The van der Waals surface area contributed by atoms with Crippen LogP contribution in [0.3, 0.4) is 0 Å². The van der Waals surface area contributed by atoms with Crippen LogP contribution in [0.2, 0.25) is 0 Å². The maximum Gasteiger partial charge on any atom is 0.266 e. The summed E-state index contributed by atoms with van der Waals surface area (Å²) in [7, 11) is 0. The molecule has 0 saturated carbocycles. The van der Waals surface area contributed by atoms with Crippen molar-refractivity contribution in [3.63, 3.8) is 0 Å². The fourth-order valence-corrected chi connectivity index (χ4v) is 2.51. The number of likely N-dealkylation sites (tertiary alicyclic amines) is 1. The number of hydrogen-bond acceptors (Lipinski definition) is 4. The van der Waals surface area contributed by atoms with Gasteiger partial charge in [0.05, 0.1) is 6.33 Å². The van der Waals surface area contributed by atoms with Gasteiger partial charge >= 0.3 is 0 Å². The van der Waals surface area contributed by atoms with Crippen molar-refractivity contribution in [1.29, 1.82) is 0 Å². The van der Waals surface area contributed by atoms with Crippen LogP contribution in [0.1, 0.15) is 19.3 Å². The molecule has 1 saturated heterocycles. The molecular weight excluding hydrogens is 331 g/mol. The zero-order valence-corrected chi connectivity index (χ0v) is 11.9. The largest absolute Gasteiger partial charge is 0.369 e. The van der Waals surface area contributed by atoms with Crippen molar-refractivity contribution >= 4 is 28.4 Å². The molecule has 0 aliphatic carbocycles. The smallest absolute Gasteiger partial charge is 0.266 e. The Labute approximate surface area is 114 Å². The third-order valence-corrected chi connectivity index (χ3v) is 3.94. The van der Waals surface area contributed by atoms with Gasteiger partial charge in [-0.25, -0.2) is 4.98 Å². The molecule has 2 rings (SSSR count). The number of rotatable bonds is 5. The van der Waals surface area contributed by atoms with Gasteiger partial charge in [0.15, 0.2) is 0 Å². The average Bonchev–Trinajstić information content (AvgIpc) is 2.83. The summed E-state index contributed by atoms with van der Waals surface area (Å²) in [6.07, 6.45) is 5.19. The van der Waals surface area contributed by atoms with Gasteiger partial charge in [-0.1, -0.05) is 0 Å². The van der Waals surface area contributed by atoms with Crippen molar-refractivity contribution in [1.82, 2.24) is 14.9 Å². The Morgan fingerprint density at radius 3 is 3.00 bits per heavy atom. The monoisotopic (exact) mass is 348 g/mol. The third-order valence-electron chi connectivity index (χ3n) is 2.94. The van der Waals surface area contributed by atoms with Gasteiger partial charge in [0, 0.05) is 6.54 Å². The topological polar surface area (TPSA) is 61.0 Å². The summed E-state index contributed by atoms with van der Waals surface area (Å²) in [4.78, 5) is 20.5. The van der Waals surface area contributed by atoms with Gasteiger partial charge in [-0.05, 0) is 61.5 Å². The van der Waals surface area contributed by atoms with E-state index in [4.69, 9.17) is 0 Å². The third kappa shape index (κ3) is 3.67. The first-order chi connectivity index (χ1) is 8.27. The van der Waals surface area contributed by atoms with Crippen molar-refractivity contribution in [3.05, 3.63) is 20.3 Å².